The minimum absolute atomic E-state index is 0.0413. The molecule has 0 aromatic rings. The van der Waals surface area contributed by atoms with E-state index in [-0.39, 0.29) is 12.0 Å². The van der Waals surface area contributed by atoms with Crippen molar-refractivity contribution < 1.29 is 57.4 Å². The van der Waals surface area contributed by atoms with Crippen molar-refractivity contribution >= 4 is 25.8 Å². The highest BCUT2D eigenvalue weighted by atomic mass is 32.3. The average molecular weight is 529 g/mol. The van der Waals surface area contributed by atoms with Gasteiger partial charge in [-0.3, -0.25) is 16.8 Å². The third kappa shape index (κ3) is 5.22. The Labute approximate surface area is 187 Å². The van der Waals surface area contributed by atoms with Crippen molar-refractivity contribution in [3.05, 3.63) is 4.58 Å². The number of hydrogen-bond donors (Lipinski definition) is 0. The summed E-state index contributed by atoms with van der Waals surface area (Å²) in [6.45, 7) is 0.726. The van der Waals surface area contributed by atoms with Crippen molar-refractivity contribution in [1.29, 1.82) is 0 Å². The minimum atomic E-state index is -6.88. The van der Waals surface area contributed by atoms with Crippen LogP contribution < -0.4 is 0 Å². The Balaban J connectivity index is 1.65. The number of carbonyl (C=O) groups is 1. The highest BCUT2D eigenvalue weighted by Gasteiger charge is 2.54. The predicted molar refractivity (Wildman–Crippen MR) is 100 cm³/mol. The average Bonchev–Trinajstić information content (AvgIpc) is 2.61. The Kier molecular flexibility index (Phi) is 6.75. The van der Waals surface area contributed by atoms with Gasteiger partial charge < -0.3 is 9.47 Å². The van der Waals surface area contributed by atoms with Crippen LogP contribution in [0, 0.1) is 27.8 Å². The van der Waals surface area contributed by atoms with Gasteiger partial charge in [0.25, 0.3) is 0 Å². The molecular formula is C18H23F6O7S2-. The Bertz CT molecular complexity index is 892. The molecule has 33 heavy (non-hydrogen) atoms. The smallest absolute Gasteiger partial charge is 0.434 e. The molecule has 4 aliphatic rings. The van der Waals surface area contributed by atoms with Gasteiger partial charge in [-0.2, -0.15) is 26.3 Å². The first-order valence-electron chi connectivity index (χ1n) is 10.2. The van der Waals surface area contributed by atoms with Gasteiger partial charge in [0.15, 0.2) is 0 Å². The lowest BCUT2D eigenvalue weighted by molar-refractivity contribution is -0.0923. The number of hydrogen-bond acceptors (Lipinski definition) is 7. The van der Waals surface area contributed by atoms with Gasteiger partial charge in [0.2, 0.25) is 0 Å². The second-order valence-electron chi connectivity index (χ2n) is 9.36. The molecule has 4 rings (SSSR count). The number of sulfone groups is 2. The number of carbonyl (C=O) groups excluding carboxylic acids is 1. The van der Waals surface area contributed by atoms with Crippen LogP contribution in [0.1, 0.15) is 51.9 Å². The number of rotatable bonds is 7. The molecule has 4 saturated carbocycles. The van der Waals surface area contributed by atoms with Gasteiger partial charge in [-0.1, -0.05) is 4.58 Å². The predicted octanol–water partition coefficient (Wildman–Crippen LogP) is 4.49. The first-order valence-corrected chi connectivity index (χ1v) is 13.1. The molecule has 4 bridgehead atoms. The molecule has 15 heteroatoms. The molecule has 0 spiro atoms. The van der Waals surface area contributed by atoms with E-state index in [0.29, 0.717) is 17.8 Å². The third-order valence-electron chi connectivity index (χ3n) is 6.62. The monoisotopic (exact) mass is 529 g/mol. The van der Waals surface area contributed by atoms with Crippen LogP contribution in [0.15, 0.2) is 0 Å². The van der Waals surface area contributed by atoms with Crippen molar-refractivity contribution in [2.75, 3.05) is 6.61 Å². The Morgan fingerprint density at radius 2 is 1.30 bits per heavy atom. The van der Waals surface area contributed by atoms with Crippen LogP contribution in [-0.2, 0) is 29.1 Å². The third-order valence-corrected chi connectivity index (χ3v) is 10.7. The van der Waals surface area contributed by atoms with Gasteiger partial charge in [0.1, 0.15) is 26.3 Å². The van der Waals surface area contributed by atoms with Gasteiger partial charge in [-0.05, 0) is 63.2 Å². The zero-order valence-corrected chi connectivity index (χ0v) is 19.0. The molecule has 0 heterocycles. The minimum Gasteiger partial charge on any atom is -0.434 e. The van der Waals surface area contributed by atoms with Crippen LogP contribution in [0.2, 0.25) is 0 Å². The summed E-state index contributed by atoms with van der Waals surface area (Å²) >= 11 is 0. The normalized spacial score (nSPS) is 31.0. The maximum Gasteiger partial charge on any atom is 0.508 e. The first-order chi connectivity index (χ1) is 14.9. The van der Waals surface area contributed by atoms with Crippen molar-refractivity contribution in [3.8, 4) is 0 Å². The fraction of sp³-hybridized carbons (Fsp3) is 0.889. The van der Waals surface area contributed by atoms with Crippen LogP contribution in [0.3, 0.4) is 0 Å². The van der Waals surface area contributed by atoms with Crippen LogP contribution in [0.5, 0.6) is 0 Å². The molecule has 0 aliphatic heterocycles. The lowest BCUT2D eigenvalue weighted by Crippen LogP contribution is -2.48. The van der Waals surface area contributed by atoms with Gasteiger partial charge in [-0.25, -0.2) is 4.79 Å². The van der Waals surface area contributed by atoms with Crippen LogP contribution in [0.4, 0.5) is 31.1 Å². The van der Waals surface area contributed by atoms with Crippen molar-refractivity contribution in [1.82, 2.24) is 0 Å². The summed E-state index contributed by atoms with van der Waals surface area (Å²) in [6, 6.07) is 0. The van der Waals surface area contributed by atoms with E-state index in [1.807, 2.05) is 0 Å². The molecule has 0 amide bonds. The quantitative estimate of drug-likeness (QED) is 0.272. The number of alkyl halides is 6. The molecule has 0 radical (unpaired) electrons. The number of ether oxygens (including phenoxy) is 2. The van der Waals surface area contributed by atoms with E-state index < -0.39 is 54.0 Å². The fourth-order valence-electron chi connectivity index (χ4n) is 5.78. The molecule has 4 aliphatic carbocycles. The molecule has 4 fully saturated rings. The maximum atomic E-state index is 12.8. The second-order valence-corrected chi connectivity index (χ2v) is 13.5. The molecule has 0 aromatic carbocycles. The molecule has 1 unspecified atom stereocenters. The van der Waals surface area contributed by atoms with Gasteiger partial charge in [0, 0.05) is 5.41 Å². The van der Waals surface area contributed by atoms with Gasteiger partial charge in [-0.15, -0.1) is 6.42 Å². The van der Waals surface area contributed by atoms with Gasteiger partial charge in [0.05, 0.1) is 6.10 Å². The van der Waals surface area contributed by atoms with Crippen molar-refractivity contribution in [2.45, 2.75) is 69.0 Å². The number of halogens is 6. The summed E-state index contributed by atoms with van der Waals surface area (Å²) in [4.78, 5) is 12.0. The van der Waals surface area contributed by atoms with E-state index in [1.165, 1.54) is 0 Å². The highest BCUT2D eigenvalue weighted by molar-refractivity contribution is 8.13. The lowest BCUT2D eigenvalue weighted by Gasteiger charge is -2.56. The van der Waals surface area contributed by atoms with E-state index >= 15 is 0 Å². The van der Waals surface area contributed by atoms with Crippen LogP contribution in [-0.4, -0.2) is 46.7 Å². The summed E-state index contributed by atoms with van der Waals surface area (Å²) < 4.78 is 130. The zero-order valence-electron chi connectivity index (χ0n) is 17.4. The summed E-state index contributed by atoms with van der Waals surface area (Å²) in [6.07, 6.45) is 0.622. The van der Waals surface area contributed by atoms with E-state index in [2.05, 4.69) is 4.74 Å². The highest BCUT2D eigenvalue weighted by Crippen LogP contribution is 2.60. The van der Waals surface area contributed by atoms with Crippen LogP contribution in [0.25, 0.3) is 0 Å². The lowest BCUT2D eigenvalue weighted by atomic mass is 9.50. The van der Waals surface area contributed by atoms with E-state index in [1.54, 1.807) is 0 Å². The maximum absolute atomic E-state index is 12.8. The first kappa shape index (κ1) is 26.4. The summed E-state index contributed by atoms with van der Waals surface area (Å²) in [5.41, 5.74) is -12.9. The molecule has 1 atom stereocenters. The molecule has 0 saturated heterocycles. The molecule has 192 valence electrons. The topological polar surface area (TPSA) is 104 Å². The zero-order chi connectivity index (χ0) is 25.0. The van der Waals surface area contributed by atoms with E-state index in [0.717, 1.165) is 45.4 Å². The molecule has 7 nitrogen and oxygen atoms in total. The van der Waals surface area contributed by atoms with Gasteiger partial charge >= 0.3 is 17.2 Å². The largest absolute Gasteiger partial charge is 0.508 e. The van der Waals surface area contributed by atoms with E-state index in [4.69, 9.17) is 4.74 Å². The Hall–Kier alpha value is -1.25. The van der Waals surface area contributed by atoms with Crippen molar-refractivity contribution in [3.63, 3.8) is 0 Å². The summed E-state index contributed by atoms with van der Waals surface area (Å²) in [5.74, 6) is 1.56. The molecular weight excluding hydrogens is 506 g/mol. The Morgan fingerprint density at radius 3 is 1.67 bits per heavy atom. The van der Waals surface area contributed by atoms with Crippen LogP contribution >= 0.6 is 0 Å². The second kappa shape index (κ2) is 8.45. The standard InChI is InChI=1S/C18H23F6O7S2/c1-10(2-14(32(26,27)17(19,20)21)33(28,29)18(22,23)24)31-15(25)30-9-16-6-11-3-12(7-16)5-13(4-11)8-16/h10-13H,2-9H2,1H3/q-1. The summed E-state index contributed by atoms with van der Waals surface area (Å²) in [5, 5.41) is 0. The van der Waals surface area contributed by atoms with Crippen molar-refractivity contribution in [2.24, 2.45) is 23.2 Å². The summed E-state index contributed by atoms with van der Waals surface area (Å²) in [7, 11) is -13.8. The van der Waals surface area contributed by atoms with E-state index in [9.17, 15) is 48.0 Å². The Morgan fingerprint density at radius 1 is 0.909 bits per heavy atom. The molecule has 0 aromatic heterocycles. The molecule has 0 N–H and O–H groups in total. The SMILES string of the molecule is CC(C[C-](S(=O)(=O)C(F)(F)F)S(=O)(=O)C(F)(F)F)OC(=O)OCC12CC3CC(CC(C3)C1)C2. The fourth-order valence-corrected chi connectivity index (χ4v) is 8.92.